The van der Waals surface area contributed by atoms with Gasteiger partial charge in [0.05, 0.1) is 7.11 Å². The smallest absolute Gasteiger partial charge is 0.432 e. The second-order valence-corrected chi connectivity index (χ2v) is 3.67. The van der Waals surface area contributed by atoms with Gasteiger partial charge in [-0.05, 0) is 24.3 Å². The quantitative estimate of drug-likeness (QED) is 0.655. The fraction of sp³-hybridized carbons (Fsp3) is 0.250. The van der Waals surface area contributed by atoms with Gasteiger partial charge in [0.25, 0.3) is 0 Å². The lowest BCUT2D eigenvalue weighted by atomic mass is 10.1. The summed E-state index contributed by atoms with van der Waals surface area (Å²) in [6, 6.07) is 4.53. The Morgan fingerprint density at radius 1 is 1.37 bits per heavy atom. The van der Waals surface area contributed by atoms with Crippen molar-refractivity contribution in [2.45, 2.75) is 6.18 Å². The van der Waals surface area contributed by atoms with E-state index in [0.717, 1.165) is 13.1 Å². The minimum absolute atomic E-state index is 0.123. The van der Waals surface area contributed by atoms with Gasteiger partial charge >= 0.3 is 6.18 Å². The van der Waals surface area contributed by atoms with Crippen LogP contribution in [0, 0.1) is 0 Å². The van der Waals surface area contributed by atoms with Gasteiger partial charge in [-0.25, -0.2) is 0 Å². The molecule has 0 heterocycles. The Labute approximate surface area is 108 Å². The number of aliphatic imine (C=N–C) groups is 1. The third-order valence-corrected chi connectivity index (χ3v) is 2.36. The predicted molar refractivity (Wildman–Crippen MR) is 69.0 cm³/mol. The number of anilines is 1. The zero-order valence-electron chi connectivity index (χ0n) is 10.5. The molecule has 1 rings (SSSR count). The second kappa shape index (κ2) is 5.64. The molecule has 7 heteroatoms. The molecular formula is C12H14F3N3O. The number of methoxy groups -OCH3 is 1. The summed E-state index contributed by atoms with van der Waals surface area (Å²) >= 11 is 0. The van der Waals surface area contributed by atoms with Crippen LogP contribution in [0.5, 0.6) is 5.75 Å². The number of rotatable bonds is 3. The van der Waals surface area contributed by atoms with Crippen molar-refractivity contribution >= 4 is 17.1 Å². The Morgan fingerprint density at radius 2 is 2.00 bits per heavy atom. The number of hydrogen-bond donors (Lipinski definition) is 2. The summed E-state index contributed by atoms with van der Waals surface area (Å²) < 4.78 is 42.7. The van der Waals surface area contributed by atoms with Gasteiger partial charge in [0.15, 0.2) is 0 Å². The van der Waals surface area contributed by atoms with Crippen molar-refractivity contribution in [3.8, 4) is 5.75 Å². The second-order valence-electron chi connectivity index (χ2n) is 3.67. The molecule has 0 fully saturated rings. The van der Waals surface area contributed by atoms with Gasteiger partial charge in [-0.3, -0.25) is 4.99 Å². The molecule has 0 aliphatic rings. The summed E-state index contributed by atoms with van der Waals surface area (Å²) in [5, 5.41) is 0. The third kappa shape index (κ3) is 3.64. The van der Waals surface area contributed by atoms with E-state index < -0.39 is 11.9 Å². The highest BCUT2D eigenvalue weighted by molar-refractivity contribution is 6.04. The zero-order valence-corrected chi connectivity index (χ0v) is 10.5. The first-order chi connectivity index (χ1) is 8.79. The average Bonchev–Trinajstić information content (AvgIpc) is 2.34. The van der Waals surface area contributed by atoms with Crippen LogP contribution in [-0.4, -0.2) is 26.0 Å². The van der Waals surface area contributed by atoms with Crippen LogP contribution in [0.1, 0.15) is 5.56 Å². The number of nitrogens with two attached hydrogens (primary N) is 2. The third-order valence-electron chi connectivity index (χ3n) is 2.36. The first-order valence-corrected chi connectivity index (χ1v) is 5.24. The Kier molecular flexibility index (Phi) is 4.42. The van der Waals surface area contributed by atoms with Crippen molar-refractivity contribution in [1.82, 2.24) is 0 Å². The van der Waals surface area contributed by atoms with Gasteiger partial charge in [0.1, 0.15) is 11.5 Å². The molecular weight excluding hydrogens is 259 g/mol. The topological polar surface area (TPSA) is 73.6 Å². The number of hydrogen-bond acceptors (Lipinski definition) is 4. The van der Waals surface area contributed by atoms with Crippen LogP contribution >= 0.6 is 0 Å². The Bertz CT molecular complexity index is 521. The van der Waals surface area contributed by atoms with Crippen LogP contribution in [0.3, 0.4) is 0 Å². The highest BCUT2D eigenvalue weighted by Crippen LogP contribution is 2.27. The van der Waals surface area contributed by atoms with E-state index in [-0.39, 0.29) is 11.3 Å². The number of ether oxygens (including phenoxy) is 1. The van der Waals surface area contributed by atoms with Gasteiger partial charge in [-0.2, -0.15) is 13.2 Å². The lowest BCUT2D eigenvalue weighted by molar-refractivity contribution is -0.0577. The van der Waals surface area contributed by atoms with E-state index in [0.29, 0.717) is 11.4 Å². The highest BCUT2D eigenvalue weighted by Gasteiger charge is 2.33. The molecule has 0 aliphatic carbocycles. The molecule has 4 N–H and O–H groups in total. The van der Waals surface area contributed by atoms with Crippen LogP contribution in [0.2, 0.25) is 0 Å². The standard InChI is InChI=1S/C12H14F3N3O/c1-18-11(12(13,14)15)6-9(17)8-5-7(16)3-4-10(8)19-2/h3-6H,16-17H2,1-2H3. The van der Waals surface area contributed by atoms with Gasteiger partial charge in [-0.15, -0.1) is 0 Å². The summed E-state index contributed by atoms with van der Waals surface area (Å²) in [5.41, 5.74) is 10.7. The number of halogens is 3. The molecule has 0 spiro atoms. The van der Waals surface area contributed by atoms with Crippen LogP contribution in [0.15, 0.2) is 29.3 Å². The first kappa shape index (κ1) is 14.9. The molecule has 4 nitrogen and oxygen atoms in total. The first-order valence-electron chi connectivity index (χ1n) is 5.24. The van der Waals surface area contributed by atoms with Crippen LogP contribution in [0.25, 0.3) is 5.70 Å². The Hall–Kier alpha value is -2.18. The van der Waals surface area contributed by atoms with E-state index in [2.05, 4.69) is 4.99 Å². The summed E-state index contributed by atoms with van der Waals surface area (Å²) in [7, 11) is 2.43. The Balaban J connectivity index is 3.26. The van der Waals surface area contributed by atoms with Gasteiger partial charge in [0, 0.05) is 24.0 Å². The van der Waals surface area contributed by atoms with Crippen LogP contribution in [-0.2, 0) is 0 Å². The molecule has 104 valence electrons. The normalized spacial score (nSPS) is 13.5. The number of alkyl halides is 3. The molecule has 1 aromatic carbocycles. The van der Waals surface area contributed by atoms with Crippen LogP contribution < -0.4 is 16.2 Å². The Morgan fingerprint density at radius 3 is 2.47 bits per heavy atom. The van der Waals surface area contributed by atoms with E-state index >= 15 is 0 Å². The van der Waals surface area contributed by atoms with Gasteiger partial charge in [-0.1, -0.05) is 0 Å². The van der Waals surface area contributed by atoms with Crippen molar-refractivity contribution in [2.24, 2.45) is 10.7 Å². The molecule has 0 aromatic heterocycles. The minimum atomic E-state index is -4.56. The number of nitrogens with zero attached hydrogens (tertiary/aromatic N) is 1. The predicted octanol–water partition coefficient (Wildman–Crippen LogP) is 2.21. The summed E-state index contributed by atoms with van der Waals surface area (Å²) in [5.74, 6) is 0.334. The molecule has 0 saturated heterocycles. The molecule has 1 aromatic rings. The maximum absolute atomic E-state index is 12.6. The number of benzene rings is 1. The summed E-state index contributed by atoms with van der Waals surface area (Å²) in [4.78, 5) is 3.17. The van der Waals surface area contributed by atoms with Crippen molar-refractivity contribution < 1.29 is 17.9 Å². The SMILES string of the molecule is CN=C(C=C(N)c1cc(N)ccc1OC)C(F)(F)F. The van der Waals surface area contributed by atoms with Crippen molar-refractivity contribution in [3.05, 3.63) is 29.8 Å². The number of allylic oxidation sites excluding steroid dienone is 1. The molecule has 0 saturated carbocycles. The van der Waals surface area contributed by atoms with Crippen molar-refractivity contribution in [1.29, 1.82) is 0 Å². The number of nitrogen functional groups attached to an aromatic ring is 1. The lowest BCUT2D eigenvalue weighted by Crippen LogP contribution is -2.22. The molecule has 0 unspecified atom stereocenters. The van der Waals surface area contributed by atoms with E-state index in [1.54, 1.807) is 6.07 Å². The molecule has 0 bridgehead atoms. The van der Waals surface area contributed by atoms with Gasteiger partial charge in [0.2, 0.25) is 0 Å². The highest BCUT2D eigenvalue weighted by atomic mass is 19.4. The average molecular weight is 273 g/mol. The molecule has 0 amide bonds. The monoisotopic (exact) mass is 273 g/mol. The fourth-order valence-corrected chi connectivity index (χ4v) is 1.45. The van der Waals surface area contributed by atoms with Crippen LogP contribution in [0.4, 0.5) is 18.9 Å². The molecule has 0 radical (unpaired) electrons. The molecule has 0 aliphatic heterocycles. The van der Waals surface area contributed by atoms with E-state index in [1.165, 1.54) is 19.2 Å². The maximum atomic E-state index is 12.6. The van der Waals surface area contributed by atoms with E-state index in [4.69, 9.17) is 16.2 Å². The zero-order chi connectivity index (χ0) is 14.6. The lowest BCUT2D eigenvalue weighted by Gasteiger charge is -2.11. The molecule has 19 heavy (non-hydrogen) atoms. The summed E-state index contributed by atoms with van der Waals surface area (Å²) in [6.45, 7) is 0. The van der Waals surface area contributed by atoms with Crippen molar-refractivity contribution in [3.63, 3.8) is 0 Å². The van der Waals surface area contributed by atoms with Gasteiger partial charge < -0.3 is 16.2 Å². The summed E-state index contributed by atoms with van der Waals surface area (Å²) in [6.07, 6.45) is -3.82. The van der Waals surface area contributed by atoms with Crippen molar-refractivity contribution in [2.75, 3.05) is 19.9 Å². The largest absolute Gasteiger partial charge is 0.496 e. The van der Waals surface area contributed by atoms with E-state index in [1.807, 2.05) is 0 Å². The van der Waals surface area contributed by atoms with E-state index in [9.17, 15) is 13.2 Å². The fourth-order valence-electron chi connectivity index (χ4n) is 1.45. The maximum Gasteiger partial charge on any atom is 0.432 e. The molecule has 0 atom stereocenters. The minimum Gasteiger partial charge on any atom is -0.496 e.